The van der Waals surface area contributed by atoms with Crippen molar-refractivity contribution in [3.63, 3.8) is 0 Å². The van der Waals surface area contributed by atoms with Crippen molar-refractivity contribution in [2.75, 3.05) is 0 Å². The van der Waals surface area contributed by atoms with Gasteiger partial charge in [-0.1, -0.05) is 54.4 Å². The molecule has 0 saturated heterocycles. The lowest BCUT2D eigenvalue weighted by molar-refractivity contribution is -0.153. The molecule has 2 unspecified atom stereocenters. The fourth-order valence-electron chi connectivity index (χ4n) is 3.89. The van der Waals surface area contributed by atoms with E-state index in [9.17, 15) is 9.59 Å². The lowest BCUT2D eigenvalue weighted by atomic mass is 9.85. The largest absolute Gasteiger partial charge is 0.480 e. The van der Waals surface area contributed by atoms with Crippen LogP contribution in [0.2, 0.25) is 10.0 Å². The molecule has 30 heavy (non-hydrogen) atoms. The molecule has 2 aromatic carbocycles. The van der Waals surface area contributed by atoms with Gasteiger partial charge >= 0.3 is 11.9 Å². The van der Waals surface area contributed by atoms with Gasteiger partial charge in [-0.2, -0.15) is 0 Å². The van der Waals surface area contributed by atoms with E-state index in [4.69, 9.17) is 38.8 Å². The Morgan fingerprint density at radius 3 is 2.33 bits per heavy atom. The first kappa shape index (κ1) is 22.6. The molecular formula is C23H25Cl2NO4. The van der Waals surface area contributed by atoms with E-state index in [2.05, 4.69) is 0 Å². The average molecular weight is 450 g/mol. The first-order valence-corrected chi connectivity index (χ1v) is 10.7. The van der Waals surface area contributed by atoms with Gasteiger partial charge in [-0.05, 0) is 60.6 Å². The van der Waals surface area contributed by atoms with E-state index in [1.165, 1.54) is 0 Å². The van der Waals surface area contributed by atoms with E-state index >= 15 is 0 Å². The van der Waals surface area contributed by atoms with Crippen molar-refractivity contribution in [2.45, 2.75) is 50.2 Å². The summed E-state index contributed by atoms with van der Waals surface area (Å²) in [6.45, 7) is 1.79. The van der Waals surface area contributed by atoms with Gasteiger partial charge in [-0.3, -0.25) is 9.59 Å². The lowest BCUT2D eigenvalue weighted by Gasteiger charge is -2.29. The topological polar surface area (TPSA) is 89.6 Å². The van der Waals surface area contributed by atoms with Crippen LogP contribution in [0.15, 0.2) is 48.5 Å². The average Bonchev–Trinajstić information content (AvgIpc) is 3.47. The lowest BCUT2D eigenvalue weighted by Crippen LogP contribution is -2.32. The third-order valence-corrected chi connectivity index (χ3v) is 6.05. The highest BCUT2D eigenvalue weighted by atomic mass is 35.5. The van der Waals surface area contributed by atoms with Crippen molar-refractivity contribution in [1.29, 1.82) is 0 Å². The Hall–Kier alpha value is -2.08. The fourth-order valence-corrected chi connectivity index (χ4v) is 4.28. The van der Waals surface area contributed by atoms with Crippen molar-refractivity contribution >= 4 is 35.1 Å². The van der Waals surface area contributed by atoms with Gasteiger partial charge < -0.3 is 15.6 Å². The zero-order chi connectivity index (χ0) is 21.9. The summed E-state index contributed by atoms with van der Waals surface area (Å²) in [6, 6.07) is 13.9. The molecule has 3 N–H and O–H groups in total. The van der Waals surface area contributed by atoms with Crippen molar-refractivity contribution in [2.24, 2.45) is 11.7 Å². The van der Waals surface area contributed by atoms with Gasteiger partial charge in [0.1, 0.15) is 12.1 Å². The molecule has 5 nitrogen and oxygen atoms in total. The Morgan fingerprint density at radius 1 is 1.13 bits per heavy atom. The van der Waals surface area contributed by atoms with Crippen LogP contribution in [0, 0.1) is 5.92 Å². The molecule has 2 aromatic rings. The number of nitrogens with two attached hydrogens (primary N) is 1. The minimum atomic E-state index is -1.08. The van der Waals surface area contributed by atoms with Gasteiger partial charge in [0.15, 0.2) is 0 Å². The molecule has 0 aromatic heterocycles. The van der Waals surface area contributed by atoms with Crippen LogP contribution >= 0.6 is 23.2 Å². The highest BCUT2D eigenvalue weighted by Gasteiger charge is 2.53. The van der Waals surface area contributed by atoms with Crippen molar-refractivity contribution < 1.29 is 19.4 Å². The van der Waals surface area contributed by atoms with E-state index in [-0.39, 0.29) is 24.2 Å². The van der Waals surface area contributed by atoms with Crippen molar-refractivity contribution in [1.82, 2.24) is 0 Å². The first-order chi connectivity index (χ1) is 14.2. The van der Waals surface area contributed by atoms with Crippen LogP contribution in [0.4, 0.5) is 0 Å². The molecule has 0 aliphatic heterocycles. The van der Waals surface area contributed by atoms with Gasteiger partial charge in [0.25, 0.3) is 0 Å². The van der Waals surface area contributed by atoms with E-state index in [1.807, 2.05) is 42.5 Å². The normalized spacial score (nSPS) is 17.6. The summed E-state index contributed by atoms with van der Waals surface area (Å²) in [7, 11) is 0. The van der Waals surface area contributed by atoms with E-state index in [0.717, 1.165) is 24.0 Å². The SMILES string of the molecule is CC(CC(=O)OC(c1cccc(Cl)c1)C1(c2cccc(Cl)c2)CC1)C[C@H](N)C(=O)O. The Balaban J connectivity index is 1.83. The monoisotopic (exact) mass is 449 g/mol. The van der Waals surface area contributed by atoms with Crippen LogP contribution in [0.3, 0.4) is 0 Å². The molecule has 3 rings (SSSR count). The molecule has 7 heteroatoms. The number of aliphatic carboxylic acids is 1. The maximum absolute atomic E-state index is 12.8. The maximum atomic E-state index is 12.8. The second kappa shape index (κ2) is 9.38. The third-order valence-electron chi connectivity index (χ3n) is 5.58. The number of halogens is 2. The predicted molar refractivity (Wildman–Crippen MR) is 117 cm³/mol. The molecule has 1 saturated carbocycles. The number of benzene rings is 2. The van der Waals surface area contributed by atoms with Crippen LogP contribution < -0.4 is 5.73 Å². The molecule has 0 heterocycles. The second-order valence-electron chi connectivity index (χ2n) is 8.08. The second-order valence-corrected chi connectivity index (χ2v) is 8.95. The van der Waals surface area contributed by atoms with Gasteiger partial charge in [-0.25, -0.2) is 0 Å². The summed E-state index contributed by atoms with van der Waals surface area (Å²) in [4.78, 5) is 23.8. The highest BCUT2D eigenvalue weighted by Crippen LogP contribution is 2.58. The number of carboxylic acids is 1. The van der Waals surface area contributed by atoms with Gasteiger partial charge in [-0.15, -0.1) is 0 Å². The minimum Gasteiger partial charge on any atom is -0.480 e. The molecule has 1 fully saturated rings. The fraction of sp³-hybridized carbons (Fsp3) is 0.391. The minimum absolute atomic E-state index is 0.0870. The number of ether oxygens (including phenoxy) is 1. The highest BCUT2D eigenvalue weighted by molar-refractivity contribution is 6.30. The van der Waals surface area contributed by atoms with Crippen LogP contribution in [0.5, 0.6) is 0 Å². The smallest absolute Gasteiger partial charge is 0.320 e. The molecule has 1 aliphatic rings. The molecular weight excluding hydrogens is 425 g/mol. The van der Waals surface area contributed by atoms with Crippen LogP contribution in [-0.2, 0) is 19.7 Å². The van der Waals surface area contributed by atoms with Gasteiger partial charge in [0.05, 0.1) is 0 Å². The summed E-state index contributed by atoms with van der Waals surface area (Å²) in [5.41, 5.74) is 7.08. The summed E-state index contributed by atoms with van der Waals surface area (Å²) in [5.74, 6) is -1.69. The summed E-state index contributed by atoms with van der Waals surface area (Å²) >= 11 is 12.4. The molecule has 160 valence electrons. The van der Waals surface area contributed by atoms with Crippen LogP contribution in [0.1, 0.15) is 49.8 Å². The summed E-state index contributed by atoms with van der Waals surface area (Å²) in [6.07, 6.45) is 1.49. The number of carbonyl (C=O) groups is 2. The number of hydrogen-bond donors (Lipinski definition) is 2. The number of carbonyl (C=O) groups excluding carboxylic acids is 1. The zero-order valence-corrected chi connectivity index (χ0v) is 18.2. The van der Waals surface area contributed by atoms with E-state index in [1.54, 1.807) is 13.0 Å². The Bertz CT molecular complexity index is 929. The summed E-state index contributed by atoms with van der Waals surface area (Å²) < 4.78 is 6.00. The Morgan fingerprint density at radius 2 is 1.77 bits per heavy atom. The Labute approximate surface area is 186 Å². The van der Waals surface area contributed by atoms with Gasteiger partial charge in [0, 0.05) is 21.9 Å². The standard InChI is InChI=1S/C23H25Cl2NO4/c1-14(10-19(26)22(28)29)11-20(27)30-21(15-4-2-6-17(24)12-15)23(8-9-23)16-5-3-7-18(25)13-16/h2-7,12-14,19,21H,8-11,26H2,1H3,(H,28,29)/t14?,19-,21?/m0/s1. The molecule has 1 aliphatic carbocycles. The number of esters is 1. The molecule has 0 bridgehead atoms. The maximum Gasteiger partial charge on any atom is 0.320 e. The number of carboxylic acid groups (broad SMARTS) is 1. The van der Waals surface area contributed by atoms with E-state index < -0.39 is 24.1 Å². The molecule has 3 atom stereocenters. The quantitative estimate of drug-likeness (QED) is 0.517. The molecule has 0 radical (unpaired) electrons. The number of rotatable bonds is 9. The van der Waals surface area contributed by atoms with E-state index in [0.29, 0.717) is 10.0 Å². The van der Waals surface area contributed by atoms with Gasteiger partial charge in [0.2, 0.25) is 0 Å². The molecule has 0 spiro atoms. The van der Waals surface area contributed by atoms with Crippen LogP contribution in [0.25, 0.3) is 0 Å². The van der Waals surface area contributed by atoms with Crippen LogP contribution in [-0.4, -0.2) is 23.1 Å². The number of hydrogen-bond acceptors (Lipinski definition) is 4. The van der Waals surface area contributed by atoms with Crippen molar-refractivity contribution in [3.8, 4) is 0 Å². The Kier molecular flexibility index (Phi) is 7.06. The zero-order valence-electron chi connectivity index (χ0n) is 16.7. The summed E-state index contributed by atoms with van der Waals surface area (Å²) in [5, 5.41) is 10.2. The molecule has 0 amide bonds. The first-order valence-electron chi connectivity index (χ1n) is 9.90. The third kappa shape index (κ3) is 5.34. The van der Waals surface area contributed by atoms with Crippen molar-refractivity contribution in [3.05, 3.63) is 69.7 Å². The predicted octanol–water partition coefficient (Wildman–Crippen LogP) is 5.14.